The van der Waals surface area contributed by atoms with Crippen molar-refractivity contribution >= 4 is 18.3 Å². The SMILES string of the molecule is CCCC(C)(N)C(=O)N(C)Cc1cccc(OC(F)(F)F)c1.Cl. The van der Waals surface area contributed by atoms with Gasteiger partial charge in [0.2, 0.25) is 5.91 Å². The number of carbonyl (C=O) groups is 1. The minimum absolute atomic E-state index is 0. The number of alkyl halides is 3. The average molecular weight is 355 g/mol. The molecule has 1 aromatic carbocycles. The Kier molecular flexibility index (Phi) is 7.86. The maximum Gasteiger partial charge on any atom is 0.573 e. The lowest BCUT2D eigenvalue weighted by molar-refractivity contribution is -0.274. The molecule has 0 heterocycles. The van der Waals surface area contributed by atoms with Crippen molar-refractivity contribution in [3.05, 3.63) is 29.8 Å². The van der Waals surface area contributed by atoms with E-state index < -0.39 is 11.9 Å². The van der Waals surface area contributed by atoms with E-state index in [4.69, 9.17) is 5.73 Å². The maximum atomic E-state index is 12.3. The Morgan fingerprint density at radius 1 is 1.35 bits per heavy atom. The number of carbonyl (C=O) groups excluding carboxylic acids is 1. The average Bonchev–Trinajstić information content (AvgIpc) is 2.36. The van der Waals surface area contributed by atoms with Gasteiger partial charge < -0.3 is 15.4 Å². The van der Waals surface area contributed by atoms with Crippen LogP contribution in [0.4, 0.5) is 13.2 Å². The number of benzene rings is 1. The molecule has 0 bridgehead atoms. The van der Waals surface area contributed by atoms with Crippen LogP contribution in [0.1, 0.15) is 32.3 Å². The first kappa shape index (κ1) is 21.5. The molecule has 2 N–H and O–H groups in total. The number of hydrogen-bond acceptors (Lipinski definition) is 3. The summed E-state index contributed by atoms with van der Waals surface area (Å²) in [4.78, 5) is 13.7. The van der Waals surface area contributed by atoms with E-state index in [0.717, 1.165) is 6.42 Å². The van der Waals surface area contributed by atoms with Crippen LogP contribution in [-0.4, -0.2) is 29.8 Å². The number of likely N-dealkylation sites (N-methyl/N-ethyl adjacent to an activating group) is 1. The standard InChI is InChI=1S/C15H21F3N2O2.ClH/c1-4-8-14(2,19)13(21)20(3)10-11-6-5-7-12(9-11)22-15(16,17)18;/h5-7,9H,4,8,10,19H2,1-3H3;1H. The van der Waals surface area contributed by atoms with E-state index in [0.29, 0.717) is 12.0 Å². The van der Waals surface area contributed by atoms with E-state index in [1.807, 2.05) is 6.92 Å². The highest BCUT2D eigenvalue weighted by Crippen LogP contribution is 2.24. The lowest BCUT2D eigenvalue weighted by Crippen LogP contribution is -2.51. The molecule has 0 radical (unpaired) electrons. The zero-order valence-electron chi connectivity index (χ0n) is 13.3. The van der Waals surface area contributed by atoms with Gasteiger partial charge in [0.25, 0.3) is 0 Å². The highest BCUT2D eigenvalue weighted by molar-refractivity contribution is 5.85. The van der Waals surface area contributed by atoms with Crippen LogP contribution in [0.2, 0.25) is 0 Å². The smallest absolute Gasteiger partial charge is 0.406 e. The molecular formula is C15H22ClF3N2O2. The minimum atomic E-state index is -4.74. The lowest BCUT2D eigenvalue weighted by atomic mass is 9.96. The molecule has 1 amide bonds. The van der Waals surface area contributed by atoms with Gasteiger partial charge in [-0.3, -0.25) is 4.79 Å². The van der Waals surface area contributed by atoms with Crippen molar-refractivity contribution in [3.8, 4) is 5.75 Å². The third kappa shape index (κ3) is 7.09. The fourth-order valence-corrected chi connectivity index (χ4v) is 2.25. The van der Waals surface area contributed by atoms with Crippen molar-refractivity contribution in [1.82, 2.24) is 4.90 Å². The van der Waals surface area contributed by atoms with Crippen LogP contribution in [0.3, 0.4) is 0 Å². The molecule has 0 fully saturated rings. The molecule has 1 atom stereocenters. The van der Waals surface area contributed by atoms with Gasteiger partial charge in [0.05, 0.1) is 5.54 Å². The molecule has 0 saturated carbocycles. The fraction of sp³-hybridized carbons (Fsp3) is 0.533. The van der Waals surface area contributed by atoms with Gasteiger partial charge in [-0.2, -0.15) is 0 Å². The van der Waals surface area contributed by atoms with E-state index >= 15 is 0 Å². The molecule has 8 heteroatoms. The van der Waals surface area contributed by atoms with Gasteiger partial charge in [0.15, 0.2) is 0 Å². The number of amides is 1. The van der Waals surface area contributed by atoms with Crippen LogP contribution in [0, 0.1) is 0 Å². The summed E-state index contributed by atoms with van der Waals surface area (Å²) in [5, 5.41) is 0. The fourth-order valence-electron chi connectivity index (χ4n) is 2.25. The molecule has 1 unspecified atom stereocenters. The Morgan fingerprint density at radius 2 is 1.96 bits per heavy atom. The summed E-state index contributed by atoms with van der Waals surface area (Å²) >= 11 is 0. The van der Waals surface area contributed by atoms with Gasteiger partial charge in [0.1, 0.15) is 5.75 Å². The molecule has 0 spiro atoms. The van der Waals surface area contributed by atoms with E-state index in [9.17, 15) is 18.0 Å². The molecule has 0 aromatic heterocycles. The summed E-state index contributed by atoms with van der Waals surface area (Å²) in [5.74, 6) is -0.564. The first-order chi connectivity index (χ1) is 10.0. The Hall–Kier alpha value is -1.47. The Balaban J connectivity index is 0.00000484. The van der Waals surface area contributed by atoms with E-state index in [2.05, 4.69) is 4.74 Å². The molecule has 23 heavy (non-hydrogen) atoms. The minimum Gasteiger partial charge on any atom is -0.406 e. The quantitative estimate of drug-likeness (QED) is 0.850. The summed E-state index contributed by atoms with van der Waals surface area (Å²) < 4.78 is 40.5. The molecule has 4 nitrogen and oxygen atoms in total. The van der Waals surface area contributed by atoms with Gasteiger partial charge >= 0.3 is 6.36 Å². The zero-order valence-corrected chi connectivity index (χ0v) is 14.1. The number of nitrogens with zero attached hydrogens (tertiary/aromatic N) is 1. The van der Waals surface area contributed by atoms with Crippen LogP contribution >= 0.6 is 12.4 Å². The summed E-state index contributed by atoms with van der Waals surface area (Å²) in [7, 11) is 1.57. The van der Waals surface area contributed by atoms with Crippen LogP contribution in [0.15, 0.2) is 24.3 Å². The molecule has 1 aromatic rings. The third-order valence-corrected chi connectivity index (χ3v) is 3.16. The molecule has 0 aliphatic carbocycles. The molecule has 0 aliphatic rings. The second-order valence-electron chi connectivity index (χ2n) is 5.52. The largest absolute Gasteiger partial charge is 0.573 e. The normalized spacial score (nSPS) is 13.7. The molecule has 0 aliphatic heterocycles. The highest BCUT2D eigenvalue weighted by Gasteiger charge is 2.32. The van der Waals surface area contributed by atoms with Crippen molar-refractivity contribution in [2.24, 2.45) is 5.73 Å². The highest BCUT2D eigenvalue weighted by atomic mass is 35.5. The number of nitrogens with two attached hydrogens (primary N) is 1. The summed E-state index contributed by atoms with van der Waals surface area (Å²) in [5.41, 5.74) is 5.52. The summed E-state index contributed by atoms with van der Waals surface area (Å²) in [6.45, 7) is 3.74. The van der Waals surface area contributed by atoms with Crippen molar-refractivity contribution in [2.75, 3.05) is 7.05 Å². The van der Waals surface area contributed by atoms with Crippen molar-refractivity contribution < 1.29 is 22.7 Å². The van der Waals surface area contributed by atoms with Crippen LogP contribution in [-0.2, 0) is 11.3 Å². The van der Waals surface area contributed by atoms with Gasteiger partial charge in [0, 0.05) is 13.6 Å². The summed E-state index contributed by atoms with van der Waals surface area (Å²) in [6.07, 6.45) is -3.44. The second-order valence-corrected chi connectivity index (χ2v) is 5.52. The van der Waals surface area contributed by atoms with Gasteiger partial charge in [-0.25, -0.2) is 0 Å². The monoisotopic (exact) mass is 354 g/mol. The number of halogens is 4. The Morgan fingerprint density at radius 3 is 2.48 bits per heavy atom. The van der Waals surface area contributed by atoms with E-state index in [1.165, 1.54) is 23.1 Å². The van der Waals surface area contributed by atoms with Crippen molar-refractivity contribution in [2.45, 2.75) is 45.1 Å². The third-order valence-electron chi connectivity index (χ3n) is 3.16. The first-order valence-electron chi connectivity index (χ1n) is 6.94. The lowest BCUT2D eigenvalue weighted by Gasteiger charge is -2.29. The first-order valence-corrected chi connectivity index (χ1v) is 6.94. The Bertz CT molecular complexity index is 522. The maximum absolute atomic E-state index is 12.3. The molecule has 132 valence electrons. The number of ether oxygens (including phenoxy) is 1. The molecule has 1 rings (SSSR count). The van der Waals surface area contributed by atoms with Crippen LogP contribution in [0.25, 0.3) is 0 Å². The predicted molar refractivity (Wildman–Crippen MR) is 84.3 cm³/mol. The molecule has 0 saturated heterocycles. The Labute approximate surface area is 140 Å². The van der Waals surface area contributed by atoms with E-state index in [-0.39, 0.29) is 30.6 Å². The predicted octanol–water partition coefficient (Wildman–Crippen LogP) is 3.48. The van der Waals surface area contributed by atoms with Gasteiger partial charge in [-0.15, -0.1) is 25.6 Å². The van der Waals surface area contributed by atoms with Crippen LogP contribution in [0.5, 0.6) is 5.75 Å². The van der Waals surface area contributed by atoms with Gasteiger partial charge in [-0.1, -0.05) is 25.5 Å². The van der Waals surface area contributed by atoms with Crippen molar-refractivity contribution in [1.29, 1.82) is 0 Å². The topological polar surface area (TPSA) is 55.6 Å². The zero-order chi connectivity index (χ0) is 17.0. The van der Waals surface area contributed by atoms with Crippen molar-refractivity contribution in [3.63, 3.8) is 0 Å². The molecular weight excluding hydrogens is 333 g/mol. The van der Waals surface area contributed by atoms with E-state index in [1.54, 1.807) is 20.0 Å². The van der Waals surface area contributed by atoms with Gasteiger partial charge in [-0.05, 0) is 31.0 Å². The number of hydrogen-bond donors (Lipinski definition) is 1. The second kappa shape index (κ2) is 8.40. The number of rotatable bonds is 6. The summed E-state index contributed by atoms with van der Waals surface area (Å²) in [6, 6.07) is 5.54. The van der Waals surface area contributed by atoms with Crippen LogP contribution < -0.4 is 10.5 Å².